The third-order valence-corrected chi connectivity index (χ3v) is 5.37. The quantitative estimate of drug-likeness (QED) is 0.446. The summed E-state index contributed by atoms with van der Waals surface area (Å²) >= 11 is 1.19. The summed E-state index contributed by atoms with van der Waals surface area (Å²) < 4.78 is 6.86. The Morgan fingerprint density at radius 1 is 1.24 bits per heavy atom. The van der Waals surface area contributed by atoms with Gasteiger partial charge in [-0.25, -0.2) is 9.78 Å². The average molecular weight is 416 g/mol. The molecule has 0 saturated heterocycles. The number of thioether (sulfide) groups is 1. The number of carbonyl (C=O) groups is 2. The van der Waals surface area contributed by atoms with Crippen LogP contribution in [-0.4, -0.2) is 50.5 Å². The van der Waals surface area contributed by atoms with Crippen molar-refractivity contribution in [1.29, 1.82) is 0 Å². The minimum Gasteiger partial charge on any atom is -0.467 e. The highest BCUT2D eigenvalue weighted by Gasteiger charge is 2.23. The molecule has 0 aliphatic heterocycles. The second kappa shape index (κ2) is 9.21. The molecule has 154 valence electrons. The number of esters is 1. The highest BCUT2D eigenvalue weighted by molar-refractivity contribution is 7.99. The molecule has 1 N–H and O–H groups in total. The van der Waals surface area contributed by atoms with Gasteiger partial charge in [-0.1, -0.05) is 43.8 Å². The number of fused-ring (bicyclic) bond motifs is 3. The van der Waals surface area contributed by atoms with Crippen LogP contribution >= 0.6 is 11.8 Å². The van der Waals surface area contributed by atoms with E-state index < -0.39 is 12.0 Å². The molecule has 2 heterocycles. The minimum atomic E-state index is -0.655. The van der Waals surface area contributed by atoms with Gasteiger partial charge in [-0.2, -0.15) is 0 Å². The van der Waals surface area contributed by atoms with Gasteiger partial charge in [0, 0.05) is 11.9 Å². The molecule has 0 aliphatic rings. The molecular formula is C20H25N5O3S. The Hall–Kier alpha value is -2.68. The number of hydrogen-bond acceptors (Lipinski definition) is 7. The fraction of sp³-hybridized carbons (Fsp3) is 0.450. The number of amides is 1. The molecule has 1 aromatic carbocycles. The summed E-state index contributed by atoms with van der Waals surface area (Å²) in [5, 5.41) is 12.7. The van der Waals surface area contributed by atoms with Crippen molar-refractivity contribution < 1.29 is 14.3 Å². The second-order valence-electron chi connectivity index (χ2n) is 7.09. The van der Waals surface area contributed by atoms with E-state index in [0.29, 0.717) is 11.6 Å². The molecule has 8 nitrogen and oxygen atoms in total. The van der Waals surface area contributed by atoms with Gasteiger partial charge in [-0.3, -0.25) is 4.79 Å². The maximum Gasteiger partial charge on any atom is 0.328 e. The molecule has 1 amide bonds. The van der Waals surface area contributed by atoms with Crippen LogP contribution in [0.5, 0.6) is 0 Å². The van der Waals surface area contributed by atoms with E-state index in [1.165, 1.54) is 18.9 Å². The van der Waals surface area contributed by atoms with Crippen LogP contribution < -0.4 is 5.32 Å². The zero-order valence-corrected chi connectivity index (χ0v) is 17.8. The monoisotopic (exact) mass is 415 g/mol. The van der Waals surface area contributed by atoms with E-state index >= 15 is 0 Å². The smallest absolute Gasteiger partial charge is 0.328 e. The highest BCUT2D eigenvalue weighted by atomic mass is 32.2. The van der Waals surface area contributed by atoms with E-state index in [-0.39, 0.29) is 17.6 Å². The fourth-order valence-electron chi connectivity index (χ4n) is 3.26. The zero-order chi connectivity index (χ0) is 21.0. The number of benzene rings is 1. The highest BCUT2D eigenvalue weighted by Crippen LogP contribution is 2.26. The topological polar surface area (TPSA) is 99.0 Å². The van der Waals surface area contributed by atoms with Crippen molar-refractivity contribution in [2.45, 2.75) is 44.9 Å². The maximum absolute atomic E-state index is 12.3. The van der Waals surface area contributed by atoms with Crippen molar-refractivity contribution in [2.75, 3.05) is 12.9 Å². The third kappa shape index (κ3) is 4.67. The van der Waals surface area contributed by atoms with Gasteiger partial charge in [-0.05, 0) is 25.3 Å². The molecular weight excluding hydrogens is 390 g/mol. The van der Waals surface area contributed by atoms with Crippen molar-refractivity contribution in [3.8, 4) is 0 Å². The lowest BCUT2D eigenvalue weighted by molar-refractivity contribution is -0.145. The minimum absolute atomic E-state index is 0.0884. The lowest BCUT2D eigenvalue weighted by atomic mass is 10.0. The summed E-state index contributed by atoms with van der Waals surface area (Å²) in [4.78, 5) is 28.8. The molecule has 0 radical (unpaired) electrons. The first-order valence-electron chi connectivity index (χ1n) is 9.56. The van der Waals surface area contributed by atoms with E-state index in [2.05, 4.69) is 32.0 Å². The van der Waals surface area contributed by atoms with Crippen LogP contribution in [0.25, 0.3) is 22.1 Å². The van der Waals surface area contributed by atoms with Crippen LogP contribution in [0.4, 0.5) is 0 Å². The SMILES string of the molecule is CCn1c2ccccc2c2nnc(SCC(=O)N[C@@H](CC(C)C)C(=O)OC)nc21. The lowest BCUT2D eigenvalue weighted by Crippen LogP contribution is -2.43. The fourth-order valence-corrected chi connectivity index (χ4v) is 3.86. The Kier molecular flexibility index (Phi) is 6.68. The van der Waals surface area contributed by atoms with Gasteiger partial charge < -0.3 is 14.6 Å². The van der Waals surface area contributed by atoms with Crippen molar-refractivity contribution in [3.63, 3.8) is 0 Å². The van der Waals surface area contributed by atoms with Crippen molar-refractivity contribution in [3.05, 3.63) is 24.3 Å². The molecule has 2 aromatic heterocycles. The van der Waals surface area contributed by atoms with Gasteiger partial charge in [0.15, 0.2) is 5.65 Å². The van der Waals surface area contributed by atoms with Gasteiger partial charge >= 0.3 is 5.97 Å². The number of aryl methyl sites for hydroxylation is 1. The predicted octanol–water partition coefficient (Wildman–Crippen LogP) is 2.80. The Balaban J connectivity index is 1.74. The number of rotatable bonds is 8. The Morgan fingerprint density at radius 2 is 2.00 bits per heavy atom. The molecule has 0 fully saturated rings. The summed E-state index contributed by atoms with van der Waals surface area (Å²) in [6.45, 7) is 6.77. The third-order valence-electron chi connectivity index (χ3n) is 4.53. The number of carbonyl (C=O) groups excluding carboxylic acids is 2. The van der Waals surface area contributed by atoms with Gasteiger partial charge in [0.05, 0.1) is 18.4 Å². The van der Waals surface area contributed by atoms with E-state index in [1.54, 1.807) is 0 Å². The maximum atomic E-state index is 12.3. The van der Waals surface area contributed by atoms with Crippen LogP contribution in [0.3, 0.4) is 0 Å². The summed E-state index contributed by atoms with van der Waals surface area (Å²) in [5.74, 6) is -0.377. The molecule has 0 aliphatic carbocycles. The largest absolute Gasteiger partial charge is 0.467 e. The molecule has 29 heavy (non-hydrogen) atoms. The van der Waals surface area contributed by atoms with Crippen LogP contribution in [-0.2, 0) is 20.9 Å². The van der Waals surface area contributed by atoms with Crippen molar-refractivity contribution in [2.24, 2.45) is 5.92 Å². The van der Waals surface area contributed by atoms with Crippen LogP contribution in [0.2, 0.25) is 0 Å². The molecule has 1 atom stereocenters. The Labute approximate surface area is 173 Å². The summed E-state index contributed by atoms with van der Waals surface area (Å²) in [5.41, 5.74) is 2.55. The first-order chi connectivity index (χ1) is 13.9. The van der Waals surface area contributed by atoms with Gasteiger partial charge in [0.25, 0.3) is 0 Å². The molecule has 9 heteroatoms. The van der Waals surface area contributed by atoms with Gasteiger partial charge in [0.1, 0.15) is 11.6 Å². The molecule has 0 saturated carbocycles. The van der Waals surface area contributed by atoms with E-state index in [9.17, 15) is 9.59 Å². The first-order valence-corrected chi connectivity index (χ1v) is 10.5. The number of para-hydroxylation sites is 1. The van der Waals surface area contributed by atoms with Crippen LogP contribution in [0, 0.1) is 5.92 Å². The van der Waals surface area contributed by atoms with Gasteiger partial charge in [-0.15, -0.1) is 10.2 Å². The zero-order valence-electron chi connectivity index (χ0n) is 17.0. The molecule has 0 bridgehead atoms. The predicted molar refractivity (Wildman–Crippen MR) is 113 cm³/mol. The molecule has 3 rings (SSSR count). The number of aromatic nitrogens is 4. The standard InChI is InChI=1S/C20H25N5O3S/c1-5-25-15-9-7-6-8-13(15)17-18(25)22-20(24-23-17)29-11-16(26)21-14(10-12(2)3)19(27)28-4/h6-9,12,14H,5,10-11H2,1-4H3,(H,21,26)/t14-/m0/s1. The lowest BCUT2D eigenvalue weighted by Gasteiger charge is -2.18. The first kappa shape index (κ1) is 21.0. The molecule has 0 spiro atoms. The van der Waals surface area contributed by atoms with E-state index in [1.807, 2.05) is 38.1 Å². The number of methoxy groups -OCH3 is 1. The van der Waals surface area contributed by atoms with Crippen LogP contribution in [0.15, 0.2) is 29.4 Å². The van der Waals surface area contributed by atoms with Crippen molar-refractivity contribution in [1.82, 2.24) is 25.1 Å². The van der Waals surface area contributed by atoms with E-state index in [4.69, 9.17) is 4.74 Å². The Bertz CT molecular complexity index is 1030. The number of hydrogen-bond donors (Lipinski definition) is 1. The second-order valence-corrected chi connectivity index (χ2v) is 8.03. The van der Waals surface area contributed by atoms with Crippen molar-refractivity contribution >= 4 is 45.7 Å². The number of ether oxygens (including phenoxy) is 1. The summed E-state index contributed by atoms with van der Waals surface area (Å²) in [6.07, 6.45) is 0.518. The van der Waals surface area contributed by atoms with Gasteiger partial charge in [0.2, 0.25) is 11.1 Å². The Morgan fingerprint density at radius 3 is 2.69 bits per heavy atom. The van der Waals surface area contributed by atoms with Crippen LogP contribution in [0.1, 0.15) is 27.2 Å². The summed E-state index contributed by atoms with van der Waals surface area (Å²) in [6, 6.07) is 7.32. The molecule has 0 unspecified atom stereocenters. The number of nitrogens with one attached hydrogen (secondary N) is 1. The average Bonchev–Trinajstić information content (AvgIpc) is 3.03. The summed E-state index contributed by atoms with van der Waals surface area (Å²) in [7, 11) is 1.32. The van der Waals surface area contributed by atoms with E-state index in [0.717, 1.165) is 28.6 Å². The normalized spacial score (nSPS) is 12.4. The molecule has 3 aromatic rings. The number of nitrogens with zero attached hydrogens (tertiary/aromatic N) is 4.